The van der Waals surface area contributed by atoms with Gasteiger partial charge in [0, 0.05) is 17.4 Å². The van der Waals surface area contributed by atoms with Crippen LogP contribution in [0.2, 0.25) is 10.2 Å². The molecule has 0 atom stereocenters. The van der Waals surface area contributed by atoms with E-state index in [2.05, 4.69) is 15.0 Å². The third-order valence-electron chi connectivity index (χ3n) is 3.51. The van der Waals surface area contributed by atoms with E-state index in [1.807, 2.05) is 0 Å². The molecule has 0 radical (unpaired) electrons. The van der Waals surface area contributed by atoms with Crippen molar-refractivity contribution in [1.29, 1.82) is 0 Å². The monoisotopic (exact) mass is 421 g/mol. The molecule has 0 aliphatic carbocycles. The van der Waals surface area contributed by atoms with E-state index in [9.17, 15) is 13.2 Å². The van der Waals surface area contributed by atoms with E-state index >= 15 is 0 Å². The Bertz CT molecular complexity index is 1100. The van der Waals surface area contributed by atoms with Crippen molar-refractivity contribution in [1.82, 2.24) is 4.98 Å². The minimum Gasteiger partial charge on any atom is -0.322 e. The predicted molar refractivity (Wildman–Crippen MR) is 106 cm³/mol. The minimum absolute atomic E-state index is 0.0204. The summed E-state index contributed by atoms with van der Waals surface area (Å²) in [6.45, 7) is 0. The van der Waals surface area contributed by atoms with Crippen molar-refractivity contribution in [3.05, 3.63) is 82.6 Å². The standard InChI is InChI=1S/C18H13Cl2N3O3S/c19-15-6-1-2-7-16(15)23-27(25,26)14-5-3-4-13(11-14)22-18(24)12-8-9-21-17(20)10-12/h1-11,23H,(H,22,24). The molecule has 0 aliphatic heterocycles. The van der Waals surface area contributed by atoms with Crippen molar-refractivity contribution in [2.75, 3.05) is 10.0 Å². The summed E-state index contributed by atoms with van der Waals surface area (Å²) in [5, 5.41) is 3.09. The molecular formula is C18H13Cl2N3O3S. The molecule has 1 aromatic heterocycles. The lowest BCUT2D eigenvalue weighted by Crippen LogP contribution is -2.15. The number of aromatic nitrogens is 1. The number of carbonyl (C=O) groups is 1. The van der Waals surface area contributed by atoms with Crippen molar-refractivity contribution in [2.45, 2.75) is 4.90 Å². The highest BCUT2D eigenvalue weighted by atomic mass is 35.5. The molecule has 9 heteroatoms. The topological polar surface area (TPSA) is 88.2 Å². The average molecular weight is 422 g/mol. The van der Waals surface area contributed by atoms with Gasteiger partial charge in [-0.3, -0.25) is 9.52 Å². The average Bonchev–Trinajstić information content (AvgIpc) is 2.64. The molecule has 2 aromatic carbocycles. The largest absolute Gasteiger partial charge is 0.322 e. The lowest BCUT2D eigenvalue weighted by Gasteiger charge is -2.11. The molecule has 0 aliphatic rings. The lowest BCUT2D eigenvalue weighted by atomic mass is 10.2. The Morgan fingerprint density at radius 3 is 2.48 bits per heavy atom. The van der Waals surface area contributed by atoms with E-state index in [1.54, 1.807) is 30.3 Å². The van der Waals surface area contributed by atoms with Crippen LogP contribution in [0.3, 0.4) is 0 Å². The number of halogens is 2. The predicted octanol–water partition coefficient (Wildman–Crippen LogP) is 4.44. The zero-order chi connectivity index (χ0) is 19.4. The highest BCUT2D eigenvalue weighted by molar-refractivity contribution is 7.92. The number of rotatable bonds is 5. The van der Waals surface area contributed by atoms with E-state index < -0.39 is 15.9 Å². The summed E-state index contributed by atoms with van der Waals surface area (Å²) in [6, 6.07) is 15.3. The number of carbonyl (C=O) groups excluding carboxylic acids is 1. The van der Waals surface area contributed by atoms with E-state index in [-0.39, 0.29) is 20.8 Å². The number of amides is 1. The van der Waals surface area contributed by atoms with Gasteiger partial charge in [0.2, 0.25) is 0 Å². The Kier molecular flexibility index (Phi) is 5.65. The van der Waals surface area contributed by atoms with E-state index in [0.29, 0.717) is 11.3 Å². The highest BCUT2D eigenvalue weighted by Crippen LogP contribution is 2.25. The van der Waals surface area contributed by atoms with Gasteiger partial charge in [-0.25, -0.2) is 13.4 Å². The van der Waals surface area contributed by atoms with Gasteiger partial charge in [0.1, 0.15) is 5.15 Å². The number of benzene rings is 2. The van der Waals surface area contributed by atoms with Crippen LogP contribution in [-0.2, 0) is 10.0 Å². The van der Waals surface area contributed by atoms with Crippen LogP contribution < -0.4 is 10.0 Å². The van der Waals surface area contributed by atoms with Gasteiger partial charge in [0.25, 0.3) is 15.9 Å². The van der Waals surface area contributed by atoms with Crippen LogP contribution in [0.15, 0.2) is 71.8 Å². The van der Waals surface area contributed by atoms with E-state index in [0.717, 1.165) is 0 Å². The molecule has 2 N–H and O–H groups in total. The van der Waals surface area contributed by atoms with Gasteiger partial charge >= 0.3 is 0 Å². The van der Waals surface area contributed by atoms with Crippen molar-refractivity contribution < 1.29 is 13.2 Å². The second-order valence-electron chi connectivity index (χ2n) is 5.43. The molecule has 0 saturated heterocycles. The third-order valence-corrected chi connectivity index (χ3v) is 5.41. The molecule has 1 heterocycles. The maximum atomic E-state index is 12.6. The quantitative estimate of drug-likeness (QED) is 0.595. The highest BCUT2D eigenvalue weighted by Gasteiger charge is 2.17. The molecule has 0 unspecified atom stereocenters. The van der Waals surface area contributed by atoms with Gasteiger partial charge in [0.05, 0.1) is 15.6 Å². The van der Waals surface area contributed by atoms with Crippen molar-refractivity contribution >= 4 is 50.5 Å². The first-order chi connectivity index (χ1) is 12.8. The first-order valence-electron chi connectivity index (χ1n) is 7.65. The summed E-state index contributed by atoms with van der Waals surface area (Å²) in [4.78, 5) is 16.1. The van der Waals surface area contributed by atoms with Crippen molar-refractivity contribution in [2.24, 2.45) is 0 Å². The number of pyridine rings is 1. The van der Waals surface area contributed by atoms with E-state index in [4.69, 9.17) is 23.2 Å². The Morgan fingerprint density at radius 2 is 1.74 bits per heavy atom. The van der Waals surface area contributed by atoms with Gasteiger partial charge in [0.15, 0.2) is 0 Å². The molecule has 0 spiro atoms. The fourth-order valence-electron chi connectivity index (χ4n) is 2.24. The Morgan fingerprint density at radius 1 is 0.963 bits per heavy atom. The minimum atomic E-state index is -3.88. The zero-order valence-electron chi connectivity index (χ0n) is 13.7. The molecule has 3 aromatic rings. The van der Waals surface area contributed by atoms with Crippen LogP contribution >= 0.6 is 23.2 Å². The van der Waals surface area contributed by atoms with Crippen LogP contribution in [0.25, 0.3) is 0 Å². The molecule has 138 valence electrons. The van der Waals surface area contributed by atoms with Crippen LogP contribution in [0.1, 0.15) is 10.4 Å². The SMILES string of the molecule is O=C(Nc1cccc(S(=O)(=O)Nc2ccccc2Cl)c1)c1ccnc(Cl)c1. The molecule has 3 rings (SSSR count). The summed E-state index contributed by atoms with van der Waals surface area (Å²) < 4.78 is 27.6. The molecular weight excluding hydrogens is 409 g/mol. The van der Waals surface area contributed by atoms with Gasteiger partial charge in [-0.15, -0.1) is 0 Å². The number of para-hydroxylation sites is 1. The first-order valence-corrected chi connectivity index (χ1v) is 9.89. The lowest BCUT2D eigenvalue weighted by molar-refractivity contribution is 0.102. The zero-order valence-corrected chi connectivity index (χ0v) is 16.0. The number of hydrogen-bond acceptors (Lipinski definition) is 4. The first kappa shape index (κ1) is 19.2. The smallest absolute Gasteiger partial charge is 0.262 e. The summed E-state index contributed by atoms with van der Waals surface area (Å²) in [5.41, 5.74) is 0.882. The Hall–Kier alpha value is -2.61. The normalized spacial score (nSPS) is 11.0. The maximum absolute atomic E-state index is 12.6. The molecule has 0 fully saturated rings. The Labute approximate surface area is 166 Å². The summed E-state index contributed by atoms with van der Waals surface area (Å²) >= 11 is 11.8. The maximum Gasteiger partial charge on any atom is 0.262 e. The molecule has 0 bridgehead atoms. The molecule has 1 amide bonds. The molecule has 0 saturated carbocycles. The summed E-state index contributed by atoms with van der Waals surface area (Å²) in [7, 11) is -3.88. The molecule has 27 heavy (non-hydrogen) atoms. The van der Waals surface area contributed by atoms with Crippen molar-refractivity contribution in [3.63, 3.8) is 0 Å². The van der Waals surface area contributed by atoms with E-state index in [1.165, 1.54) is 36.5 Å². The summed E-state index contributed by atoms with van der Waals surface area (Å²) in [5.74, 6) is -0.437. The third kappa shape index (κ3) is 4.77. The number of nitrogens with zero attached hydrogens (tertiary/aromatic N) is 1. The van der Waals surface area contributed by atoms with Gasteiger partial charge in [-0.05, 0) is 42.5 Å². The van der Waals surface area contributed by atoms with Gasteiger partial charge in [-0.1, -0.05) is 41.4 Å². The number of anilines is 2. The second kappa shape index (κ2) is 7.96. The fraction of sp³-hybridized carbons (Fsp3) is 0. The van der Waals surface area contributed by atoms with Crippen LogP contribution in [0.5, 0.6) is 0 Å². The van der Waals surface area contributed by atoms with Crippen LogP contribution in [-0.4, -0.2) is 19.3 Å². The Balaban J connectivity index is 1.82. The fourth-order valence-corrected chi connectivity index (χ4v) is 3.77. The number of nitrogens with one attached hydrogen (secondary N) is 2. The second-order valence-corrected chi connectivity index (χ2v) is 7.91. The number of sulfonamides is 1. The van der Waals surface area contributed by atoms with Crippen LogP contribution in [0, 0.1) is 0 Å². The van der Waals surface area contributed by atoms with Gasteiger partial charge < -0.3 is 5.32 Å². The van der Waals surface area contributed by atoms with Crippen LogP contribution in [0.4, 0.5) is 11.4 Å². The number of hydrogen-bond donors (Lipinski definition) is 2. The van der Waals surface area contributed by atoms with Gasteiger partial charge in [-0.2, -0.15) is 0 Å². The van der Waals surface area contributed by atoms with Crippen molar-refractivity contribution in [3.8, 4) is 0 Å². The molecule has 6 nitrogen and oxygen atoms in total. The summed E-state index contributed by atoms with van der Waals surface area (Å²) in [6.07, 6.45) is 1.41.